The maximum Gasteiger partial charge on any atom is 0.150 e. The minimum Gasteiger partial charge on any atom is -0.507 e. The number of rotatable bonds is 1. The molecule has 2 rings (SSSR count). The minimum absolute atomic E-state index is 0.223. The molecule has 0 aliphatic carbocycles. The van der Waals surface area contributed by atoms with E-state index in [0.717, 1.165) is 16.4 Å². The summed E-state index contributed by atoms with van der Waals surface area (Å²) < 4.78 is 0.949. The quantitative estimate of drug-likeness (QED) is 0.705. The Morgan fingerprint density at radius 3 is 3.00 bits per heavy atom. The number of phenols is 1. The van der Waals surface area contributed by atoms with Crippen molar-refractivity contribution in [2.24, 2.45) is 0 Å². The number of hydrogen-bond acceptors (Lipinski definition) is 3. The summed E-state index contributed by atoms with van der Waals surface area (Å²) in [5.41, 5.74) is 1.22. The molecule has 0 atom stereocenters. The second kappa shape index (κ2) is 2.85. The Balaban J connectivity index is 2.91. The number of thiophene rings is 1. The summed E-state index contributed by atoms with van der Waals surface area (Å²) in [6, 6.07) is 3.67. The van der Waals surface area contributed by atoms with Gasteiger partial charge in [-0.3, -0.25) is 4.79 Å². The van der Waals surface area contributed by atoms with Gasteiger partial charge >= 0.3 is 0 Å². The highest BCUT2D eigenvalue weighted by atomic mass is 32.1. The van der Waals surface area contributed by atoms with Crippen molar-refractivity contribution in [3.63, 3.8) is 0 Å². The molecule has 0 amide bonds. The molecule has 1 aromatic carbocycles. The fourth-order valence-electron chi connectivity index (χ4n) is 1.34. The molecule has 0 unspecified atom stereocenters. The molecule has 13 heavy (non-hydrogen) atoms. The van der Waals surface area contributed by atoms with Gasteiger partial charge in [0.25, 0.3) is 0 Å². The van der Waals surface area contributed by atoms with E-state index in [-0.39, 0.29) is 5.75 Å². The maximum atomic E-state index is 10.6. The predicted octanol–water partition coefficient (Wildman–Crippen LogP) is 2.73. The molecule has 2 aromatic rings. The molecule has 0 fully saturated rings. The van der Waals surface area contributed by atoms with E-state index in [4.69, 9.17) is 0 Å². The molecule has 66 valence electrons. The second-order valence-electron chi connectivity index (χ2n) is 2.89. The van der Waals surface area contributed by atoms with Crippen molar-refractivity contribution in [3.8, 4) is 5.75 Å². The van der Waals surface area contributed by atoms with E-state index < -0.39 is 0 Å². The Morgan fingerprint density at radius 1 is 1.54 bits per heavy atom. The Bertz CT molecular complexity index is 471. The number of carbonyl (C=O) groups excluding carboxylic acids is 1. The van der Waals surface area contributed by atoms with Gasteiger partial charge in [0, 0.05) is 21.2 Å². The van der Waals surface area contributed by atoms with Crippen molar-refractivity contribution in [2.75, 3.05) is 0 Å². The van der Waals surface area contributed by atoms with Gasteiger partial charge in [-0.25, -0.2) is 0 Å². The third kappa shape index (κ3) is 1.12. The van der Waals surface area contributed by atoms with Crippen molar-refractivity contribution in [3.05, 3.63) is 28.6 Å². The van der Waals surface area contributed by atoms with Crippen LogP contribution in [0.3, 0.4) is 0 Å². The molecular weight excluding hydrogens is 184 g/mol. The SMILES string of the molecule is Cc1c(C=O)cc2sccc2c1O. The first-order valence-corrected chi connectivity index (χ1v) is 4.77. The van der Waals surface area contributed by atoms with Crippen LogP contribution in [0.2, 0.25) is 0 Å². The van der Waals surface area contributed by atoms with Crippen molar-refractivity contribution in [1.82, 2.24) is 0 Å². The van der Waals surface area contributed by atoms with Gasteiger partial charge in [0.15, 0.2) is 6.29 Å². The molecule has 0 saturated carbocycles. The molecule has 1 aromatic heterocycles. The van der Waals surface area contributed by atoms with Crippen LogP contribution in [0.5, 0.6) is 5.75 Å². The van der Waals surface area contributed by atoms with Crippen LogP contribution in [-0.4, -0.2) is 11.4 Å². The molecule has 2 nitrogen and oxygen atoms in total. The Kier molecular flexibility index (Phi) is 1.81. The molecule has 0 bridgehead atoms. The number of fused-ring (bicyclic) bond motifs is 1. The second-order valence-corrected chi connectivity index (χ2v) is 3.84. The topological polar surface area (TPSA) is 37.3 Å². The summed E-state index contributed by atoms with van der Waals surface area (Å²) in [6.45, 7) is 1.75. The van der Waals surface area contributed by atoms with Crippen molar-refractivity contribution in [2.45, 2.75) is 6.92 Å². The third-order valence-electron chi connectivity index (χ3n) is 2.15. The van der Waals surface area contributed by atoms with Crippen molar-refractivity contribution < 1.29 is 9.90 Å². The first-order chi connectivity index (χ1) is 6.24. The molecule has 0 aliphatic heterocycles. The van der Waals surface area contributed by atoms with E-state index in [2.05, 4.69) is 0 Å². The third-order valence-corrected chi connectivity index (χ3v) is 3.02. The lowest BCUT2D eigenvalue weighted by atomic mass is 10.1. The lowest BCUT2D eigenvalue weighted by Crippen LogP contribution is -1.86. The zero-order valence-corrected chi connectivity index (χ0v) is 7.89. The number of phenolic OH excluding ortho intramolecular Hbond substituents is 1. The van der Waals surface area contributed by atoms with Gasteiger partial charge in [-0.1, -0.05) is 0 Å². The van der Waals surface area contributed by atoms with E-state index >= 15 is 0 Å². The molecule has 1 N–H and O–H groups in total. The van der Waals surface area contributed by atoms with E-state index in [1.54, 1.807) is 6.92 Å². The summed E-state index contributed by atoms with van der Waals surface area (Å²) in [5, 5.41) is 12.4. The molecule has 1 heterocycles. The predicted molar refractivity (Wildman–Crippen MR) is 53.6 cm³/mol. The molecule has 0 aliphatic rings. The van der Waals surface area contributed by atoms with Gasteiger partial charge in [-0.15, -0.1) is 11.3 Å². The average Bonchev–Trinajstić information content (AvgIpc) is 2.59. The van der Waals surface area contributed by atoms with Crippen LogP contribution in [0, 0.1) is 6.92 Å². The molecule has 0 spiro atoms. The largest absolute Gasteiger partial charge is 0.507 e. The van der Waals surface area contributed by atoms with Gasteiger partial charge in [-0.2, -0.15) is 0 Å². The van der Waals surface area contributed by atoms with Crippen molar-refractivity contribution in [1.29, 1.82) is 0 Å². The first kappa shape index (κ1) is 8.26. The highest BCUT2D eigenvalue weighted by Gasteiger charge is 2.08. The minimum atomic E-state index is 0.223. The van der Waals surface area contributed by atoms with E-state index in [1.807, 2.05) is 17.5 Å². The number of hydrogen-bond donors (Lipinski definition) is 1. The normalized spacial score (nSPS) is 10.5. The fourth-order valence-corrected chi connectivity index (χ4v) is 2.18. The van der Waals surface area contributed by atoms with E-state index in [9.17, 15) is 9.90 Å². The Morgan fingerprint density at radius 2 is 2.31 bits per heavy atom. The van der Waals surface area contributed by atoms with Gasteiger partial charge in [0.05, 0.1) is 0 Å². The first-order valence-electron chi connectivity index (χ1n) is 3.89. The monoisotopic (exact) mass is 192 g/mol. The lowest BCUT2D eigenvalue weighted by molar-refractivity contribution is 0.112. The number of carbonyl (C=O) groups is 1. The standard InChI is InChI=1S/C10H8O2S/c1-6-7(5-11)4-9-8(10(6)12)2-3-13-9/h2-5,12H,1H3. The van der Waals surface area contributed by atoms with Crippen molar-refractivity contribution >= 4 is 27.7 Å². The van der Waals surface area contributed by atoms with Gasteiger partial charge in [0.1, 0.15) is 5.75 Å². The van der Waals surface area contributed by atoms with Gasteiger partial charge in [0.2, 0.25) is 0 Å². The smallest absolute Gasteiger partial charge is 0.150 e. The Hall–Kier alpha value is -1.35. The van der Waals surface area contributed by atoms with Gasteiger partial charge < -0.3 is 5.11 Å². The molecule has 0 saturated heterocycles. The number of benzene rings is 1. The van der Waals surface area contributed by atoms with Crippen LogP contribution in [0.4, 0.5) is 0 Å². The van der Waals surface area contributed by atoms with Crippen LogP contribution in [0.15, 0.2) is 17.5 Å². The average molecular weight is 192 g/mol. The molecular formula is C10H8O2S. The Labute approximate surface area is 79.4 Å². The van der Waals surface area contributed by atoms with Crippen LogP contribution in [0.1, 0.15) is 15.9 Å². The maximum absolute atomic E-state index is 10.6. The number of aromatic hydroxyl groups is 1. The summed E-state index contributed by atoms with van der Waals surface area (Å²) in [4.78, 5) is 10.6. The fraction of sp³-hybridized carbons (Fsp3) is 0.100. The van der Waals surface area contributed by atoms with Crippen LogP contribution in [0.25, 0.3) is 10.1 Å². The van der Waals surface area contributed by atoms with Crippen LogP contribution in [-0.2, 0) is 0 Å². The van der Waals surface area contributed by atoms with Crippen LogP contribution < -0.4 is 0 Å². The molecule has 3 heteroatoms. The lowest BCUT2D eigenvalue weighted by Gasteiger charge is -2.02. The zero-order valence-electron chi connectivity index (χ0n) is 7.07. The molecule has 0 radical (unpaired) electrons. The van der Waals surface area contributed by atoms with Gasteiger partial charge in [-0.05, 0) is 24.4 Å². The highest BCUT2D eigenvalue weighted by molar-refractivity contribution is 7.17. The summed E-state index contributed by atoms with van der Waals surface area (Å²) in [7, 11) is 0. The number of aldehydes is 1. The summed E-state index contributed by atoms with van der Waals surface area (Å²) >= 11 is 1.52. The highest BCUT2D eigenvalue weighted by Crippen LogP contribution is 2.33. The van der Waals surface area contributed by atoms with E-state index in [0.29, 0.717) is 11.1 Å². The van der Waals surface area contributed by atoms with Crippen LogP contribution >= 0.6 is 11.3 Å². The zero-order chi connectivity index (χ0) is 9.42. The summed E-state index contributed by atoms with van der Waals surface area (Å²) in [5.74, 6) is 0.223. The summed E-state index contributed by atoms with van der Waals surface area (Å²) in [6.07, 6.45) is 0.772. The van der Waals surface area contributed by atoms with E-state index in [1.165, 1.54) is 11.3 Å².